The van der Waals surface area contributed by atoms with Gasteiger partial charge in [-0.15, -0.1) is 0 Å². The lowest BCUT2D eigenvalue weighted by Crippen LogP contribution is -2.17. The van der Waals surface area contributed by atoms with Crippen molar-refractivity contribution in [2.45, 2.75) is 0 Å². The van der Waals surface area contributed by atoms with Gasteiger partial charge in [-0.25, -0.2) is 0 Å². The molecule has 0 heterocycles. The Morgan fingerprint density at radius 1 is 0.489 bits per heavy atom. The third-order valence-electron chi connectivity index (χ3n) is 8.49. The number of benzene rings is 7. The second-order valence-electron chi connectivity index (χ2n) is 11.4. The van der Waals surface area contributed by atoms with Gasteiger partial charge in [0.2, 0.25) is 0 Å². The SMILES string of the molecule is C=C/C=C(\C=C/CN(c1ccccc1)c1cccc2ccccc12)c1ccc(N(c2ccccc2)c2cccc3ccccc23)cc1. The number of para-hydroxylation sites is 2. The van der Waals surface area contributed by atoms with Gasteiger partial charge in [-0.05, 0) is 70.4 Å². The second kappa shape index (κ2) is 13.9. The van der Waals surface area contributed by atoms with Gasteiger partial charge < -0.3 is 9.80 Å². The molecule has 47 heavy (non-hydrogen) atoms. The van der Waals surface area contributed by atoms with E-state index in [-0.39, 0.29) is 0 Å². The molecule has 0 fully saturated rings. The molecule has 0 aliphatic heterocycles. The lowest BCUT2D eigenvalue weighted by Gasteiger charge is -2.27. The van der Waals surface area contributed by atoms with Crippen LogP contribution in [0.15, 0.2) is 201 Å². The maximum absolute atomic E-state index is 4.02. The molecule has 0 atom stereocenters. The Labute approximate surface area is 277 Å². The minimum Gasteiger partial charge on any atom is -0.337 e. The molecular formula is C45H36N2. The average Bonchev–Trinajstić information content (AvgIpc) is 3.14. The lowest BCUT2D eigenvalue weighted by molar-refractivity contribution is 1.10. The van der Waals surface area contributed by atoms with E-state index >= 15 is 0 Å². The van der Waals surface area contributed by atoms with E-state index < -0.39 is 0 Å². The molecule has 2 nitrogen and oxygen atoms in total. The summed E-state index contributed by atoms with van der Waals surface area (Å²) < 4.78 is 0. The molecule has 226 valence electrons. The monoisotopic (exact) mass is 604 g/mol. The van der Waals surface area contributed by atoms with Crippen LogP contribution in [0.5, 0.6) is 0 Å². The Balaban J connectivity index is 1.21. The van der Waals surface area contributed by atoms with Crippen molar-refractivity contribution in [3.05, 3.63) is 206 Å². The van der Waals surface area contributed by atoms with Gasteiger partial charge in [0.05, 0.1) is 5.69 Å². The van der Waals surface area contributed by atoms with E-state index in [4.69, 9.17) is 0 Å². The molecule has 0 saturated heterocycles. The molecule has 0 radical (unpaired) electrons. The fourth-order valence-corrected chi connectivity index (χ4v) is 6.27. The Bertz CT molecular complexity index is 2170. The number of fused-ring (bicyclic) bond motifs is 2. The Kier molecular flexibility index (Phi) is 8.74. The van der Waals surface area contributed by atoms with Crippen molar-refractivity contribution in [2.75, 3.05) is 16.3 Å². The van der Waals surface area contributed by atoms with Crippen molar-refractivity contribution >= 4 is 55.6 Å². The third kappa shape index (κ3) is 6.36. The molecule has 0 saturated carbocycles. The number of rotatable bonds is 10. The first-order chi connectivity index (χ1) is 23.3. The molecular weight excluding hydrogens is 569 g/mol. The molecule has 7 aromatic rings. The maximum Gasteiger partial charge on any atom is 0.0540 e. The molecule has 7 rings (SSSR count). The maximum atomic E-state index is 4.02. The van der Waals surface area contributed by atoms with Crippen LogP contribution in [0, 0.1) is 0 Å². The van der Waals surface area contributed by atoms with E-state index in [1.54, 1.807) is 0 Å². The summed E-state index contributed by atoms with van der Waals surface area (Å²) in [6, 6.07) is 60.2. The summed E-state index contributed by atoms with van der Waals surface area (Å²) in [7, 11) is 0. The Morgan fingerprint density at radius 3 is 1.64 bits per heavy atom. The van der Waals surface area contributed by atoms with E-state index in [9.17, 15) is 0 Å². The smallest absolute Gasteiger partial charge is 0.0540 e. The van der Waals surface area contributed by atoms with Crippen LogP contribution in [0.1, 0.15) is 5.56 Å². The van der Waals surface area contributed by atoms with Crippen molar-refractivity contribution in [3.8, 4) is 0 Å². The third-order valence-corrected chi connectivity index (χ3v) is 8.49. The van der Waals surface area contributed by atoms with Gasteiger partial charge in [0, 0.05) is 40.1 Å². The van der Waals surface area contributed by atoms with Crippen molar-refractivity contribution < 1.29 is 0 Å². The highest BCUT2D eigenvalue weighted by Crippen LogP contribution is 2.39. The second-order valence-corrected chi connectivity index (χ2v) is 11.4. The van der Waals surface area contributed by atoms with E-state index in [1.165, 1.54) is 27.2 Å². The van der Waals surface area contributed by atoms with Crippen LogP contribution in [-0.2, 0) is 0 Å². The van der Waals surface area contributed by atoms with Gasteiger partial charge in [-0.3, -0.25) is 0 Å². The zero-order valence-electron chi connectivity index (χ0n) is 26.3. The molecule has 0 aliphatic carbocycles. The highest BCUT2D eigenvalue weighted by Gasteiger charge is 2.15. The normalized spacial score (nSPS) is 11.6. The first-order valence-electron chi connectivity index (χ1n) is 16.0. The van der Waals surface area contributed by atoms with Crippen LogP contribution in [-0.4, -0.2) is 6.54 Å². The molecule has 0 bridgehead atoms. The van der Waals surface area contributed by atoms with Gasteiger partial charge in [-0.1, -0.05) is 152 Å². The summed E-state index contributed by atoms with van der Waals surface area (Å²) in [5.74, 6) is 0. The van der Waals surface area contributed by atoms with Crippen LogP contribution in [0.3, 0.4) is 0 Å². The van der Waals surface area contributed by atoms with Crippen LogP contribution in [0.4, 0.5) is 28.4 Å². The number of nitrogens with zero attached hydrogens (tertiary/aromatic N) is 2. The fourth-order valence-electron chi connectivity index (χ4n) is 6.27. The molecule has 0 aliphatic rings. The van der Waals surface area contributed by atoms with Crippen LogP contribution >= 0.6 is 0 Å². The van der Waals surface area contributed by atoms with Gasteiger partial charge >= 0.3 is 0 Å². The predicted octanol–water partition coefficient (Wildman–Crippen LogP) is 12.4. The Morgan fingerprint density at radius 2 is 1.00 bits per heavy atom. The molecule has 7 aromatic carbocycles. The van der Waals surface area contributed by atoms with Gasteiger partial charge in [0.1, 0.15) is 0 Å². The predicted molar refractivity (Wildman–Crippen MR) is 203 cm³/mol. The Hall–Kier alpha value is -6.12. The average molecular weight is 605 g/mol. The van der Waals surface area contributed by atoms with Gasteiger partial charge in [0.15, 0.2) is 0 Å². The lowest BCUT2D eigenvalue weighted by atomic mass is 10.0. The quantitative estimate of drug-likeness (QED) is 0.143. The molecule has 0 aromatic heterocycles. The minimum atomic E-state index is 0.716. The summed E-state index contributed by atoms with van der Waals surface area (Å²) in [4.78, 5) is 4.70. The standard InChI is InChI=1S/C45H36N2/c1-2-16-35(21-15-34-46(39-22-5-3-6-23-39)44-28-13-19-37-17-9-11-26-42(37)44)36-30-32-41(33-31-36)47(40-24-7-4-8-25-40)45-29-14-20-38-18-10-12-27-43(38)45/h2-33H,1,34H2/b21-15-,35-16+. The topological polar surface area (TPSA) is 6.48 Å². The number of anilines is 5. The zero-order chi connectivity index (χ0) is 31.8. The van der Waals surface area contributed by atoms with Gasteiger partial charge in [-0.2, -0.15) is 0 Å². The molecule has 0 unspecified atom stereocenters. The van der Waals surface area contributed by atoms with Crippen molar-refractivity contribution in [1.29, 1.82) is 0 Å². The summed E-state index contributed by atoms with van der Waals surface area (Å²) in [6.45, 7) is 4.74. The summed E-state index contributed by atoms with van der Waals surface area (Å²) in [5, 5.41) is 4.90. The largest absolute Gasteiger partial charge is 0.337 e. The van der Waals surface area contributed by atoms with E-state index in [2.05, 4.69) is 204 Å². The van der Waals surface area contributed by atoms with E-state index in [1.807, 2.05) is 6.08 Å². The van der Waals surface area contributed by atoms with Crippen molar-refractivity contribution in [1.82, 2.24) is 0 Å². The minimum absolute atomic E-state index is 0.716. The van der Waals surface area contributed by atoms with Crippen molar-refractivity contribution in [2.24, 2.45) is 0 Å². The van der Waals surface area contributed by atoms with Crippen molar-refractivity contribution in [3.63, 3.8) is 0 Å². The fraction of sp³-hybridized carbons (Fsp3) is 0.0222. The molecule has 0 amide bonds. The van der Waals surface area contributed by atoms with Crippen LogP contribution in [0.25, 0.3) is 27.1 Å². The van der Waals surface area contributed by atoms with E-state index in [0.29, 0.717) is 6.54 Å². The van der Waals surface area contributed by atoms with Crippen LogP contribution < -0.4 is 9.80 Å². The first-order valence-corrected chi connectivity index (χ1v) is 16.0. The van der Waals surface area contributed by atoms with Crippen LogP contribution in [0.2, 0.25) is 0 Å². The zero-order valence-corrected chi connectivity index (χ0v) is 26.3. The number of hydrogen-bond donors (Lipinski definition) is 0. The summed E-state index contributed by atoms with van der Waals surface area (Å²) in [6.07, 6.45) is 8.39. The molecule has 0 spiro atoms. The highest BCUT2D eigenvalue weighted by molar-refractivity contribution is 5.99. The summed E-state index contributed by atoms with van der Waals surface area (Å²) >= 11 is 0. The van der Waals surface area contributed by atoms with E-state index in [0.717, 1.165) is 33.9 Å². The highest BCUT2D eigenvalue weighted by atomic mass is 15.1. The summed E-state index contributed by atoms with van der Waals surface area (Å²) in [5.41, 5.74) is 7.95. The number of hydrogen-bond acceptors (Lipinski definition) is 2. The first kappa shape index (κ1) is 29.6. The molecule has 0 N–H and O–H groups in total. The molecule has 2 heteroatoms. The van der Waals surface area contributed by atoms with Gasteiger partial charge in [0.25, 0.3) is 0 Å². The number of allylic oxidation sites excluding steroid dienone is 4.